The molecule has 0 saturated carbocycles. The Morgan fingerprint density at radius 2 is 1.89 bits per heavy atom. The standard InChI is InChI=1S/C22H24N4O2/c27-21(11-13-26-16-23-20-9-5-4-8-19(20)22(26)28)24-18-10-12-25(15-18)14-17-6-2-1-3-7-17/h1-9,16,18H,10-15H2,(H,24,27). The predicted octanol–water partition coefficient (Wildman–Crippen LogP) is 2.18. The molecule has 28 heavy (non-hydrogen) atoms. The Labute approximate surface area is 163 Å². The Morgan fingerprint density at radius 1 is 1.11 bits per heavy atom. The number of amides is 1. The summed E-state index contributed by atoms with van der Waals surface area (Å²) in [6.07, 6.45) is 2.75. The van der Waals surface area contributed by atoms with Crippen molar-refractivity contribution in [3.05, 3.63) is 76.8 Å². The molecule has 2 aromatic carbocycles. The Morgan fingerprint density at radius 3 is 2.75 bits per heavy atom. The highest BCUT2D eigenvalue weighted by Crippen LogP contribution is 2.13. The smallest absolute Gasteiger partial charge is 0.261 e. The van der Waals surface area contributed by atoms with E-state index in [-0.39, 0.29) is 23.9 Å². The fourth-order valence-corrected chi connectivity index (χ4v) is 3.72. The van der Waals surface area contributed by atoms with E-state index in [4.69, 9.17) is 0 Å². The molecule has 1 aromatic heterocycles. The molecule has 1 saturated heterocycles. The molecule has 1 aliphatic rings. The number of nitrogens with one attached hydrogen (secondary N) is 1. The Balaban J connectivity index is 1.28. The van der Waals surface area contributed by atoms with Crippen molar-refractivity contribution in [3.63, 3.8) is 0 Å². The van der Waals surface area contributed by atoms with E-state index in [2.05, 4.69) is 27.3 Å². The van der Waals surface area contributed by atoms with Crippen molar-refractivity contribution in [2.24, 2.45) is 0 Å². The maximum absolute atomic E-state index is 12.5. The fraction of sp³-hybridized carbons (Fsp3) is 0.318. The largest absolute Gasteiger partial charge is 0.352 e. The van der Waals surface area contributed by atoms with Gasteiger partial charge in [0.1, 0.15) is 0 Å². The van der Waals surface area contributed by atoms with E-state index >= 15 is 0 Å². The summed E-state index contributed by atoms with van der Waals surface area (Å²) in [6.45, 7) is 3.08. The van der Waals surface area contributed by atoms with Crippen molar-refractivity contribution in [2.45, 2.75) is 32.0 Å². The minimum absolute atomic E-state index is 0.0216. The zero-order chi connectivity index (χ0) is 19.3. The molecule has 0 aliphatic carbocycles. The third-order valence-electron chi connectivity index (χ3n) is 5.20. The maximum Gasteiger partial charge on any atom is 0.261 e. The Hall–Kier alpha value is -2.99. The normalized spacial score (nSPS) is 17.1. The van der Waals surface area contributed by atoms with Gasteiger partial charge in [-0.15, -0.1) is 0 Å². The Kier molecular flexibility index (Phi) is 5.48. The second-order valence-corrected chi connectivity index (χ2v) is 7.28. The fourth-order valence-electron chi connectivity index (χ4n) is 3.72. The molecule has 6 nitrogen and oxygen atoms in total. The molecule has 0 spiro atoms. The lowest BCUT2D eigenvalue weighted by Crippen LogP contribution is -2.37. The van der Waals surface area contributed by atoms with E-state index in [1.54, 1.807) is 6.07 Å². The number of hydrogen-bond donors (Lipinski definition) is 1. The van der Waals surface area contributed by atoms with Gasteiger partial charge in [0, 0.05) is 38.6 Å². The average molecular weight is 376 g/mol. The SMILES string of the molecule is O=C(CCn1cnc2ccccc2c1=O)NC1CCN(Cc2ccccc2)C1. The first-order chi connectivity index (χ1) is 13.7. The van der Waals surface area contributed by atoms with Gasteiger partial charge in [0.05, 0.1) is 17.2 Å². The van der Waals surface area contributed by atoms with Crippen molar-refractivity contribution in [1.82, 2.24) is 19.8 Å². The minimum atomic E-state index is -0.103. The molecule has 1 unspecified atom stereocenters. The molecular formula is C22H24N4O2. The van der Waals surface area contributed by atoms with Crippen LogP contribution in [0.25, 0.3) is 10.9 Å². The molecular weight excluding hydrogens is 352 g/mol. The summed E-state index contributed by atoms with van der Waals surface area (Å²) in [5.74, 6) is -0.0216. The lowest BCUT2D eigenvalue weighted by molar-refractivity contribution is -0.121. The van der Waals surface area contributed by atoms with E-state index in [0.717, 1.165) is 26.1 Å². The number of likely N-dealkylation sites (tertiary alicyclic amines) is 1. The van der Waals surface area contributed by atoms with Gasteiger partial charge in [-0.1, -0.05) is 42.5 Å². The third-order valence-corrected chi connectivity index (χ3v) is 5.20. The van der Waals surface area contributed by atoms with Crippen LogP contribution in [0.2, 0.25) is 0 Å². The van der Waals surface area contributed by atoms with Gasteiger partial charge in [0.25, 0.3) is 5.56 Å². The number of carbonyl (C=O) groups excluding carboxylic acids is 1. The number of nitrogens with zero attached hydrogens (tertiary/aromatic N) is 3. The molecule has 1 amide bonds. The molecule has 1 atom stereocenters. The van der Waals surface area contributed by atoms with Crippen LogP contribution in [0.4, 0.5) is 0 Å². The summed E-state index contributed by atoms with van der Waals surface area (Å²) in [6, 6.07) is 17.8. The molecule has 144 valence electrons. The lowest BCUT2D eigenvalue weighted by Gasteiger charge is -2.17. The van der Waals surface area contributed by atoms with Crippen molar-refractivity contribution < 1.29 is 4.79 Å². The van der Waals surface area contributed by atoms with Gasteiger partial charge in [-0.3, -0.25) is 19.1 Å². The van der Waals surface area contributed by atoms with Crippen LogP contribution in [0.1, 0.15) is 18.4 Å². The molecule has 1 aliphatic heterocycles. The number of carbonyl (C=O) groups is 1. The van der Waals surface area contributed by atoms with E-state index in [0.29, 0.717) is 17.4 Å². The van der Waals surface area contributed by atoms with Crippen molar-refractivity contribution >= 4 is 16.8 Å². The molecule has 3 aromatic rings. The van der Waals surface area contributed by atoms with Crippen LogP contribution in [0, 0.1) is 0 Å². The summed E-state index contributed by atoms with van der Waals surface area (Å²) >= 11 is 0. The number of hydrogen-bond acceptors (Lipinski definition) is 4. The summed E-state index contributed by atoms with van der Waals surface area (Å²) in [5, 5.41) is 3.69. The van der Waals surface area contributed by atoms with Crippen LogP contribution in [0.3, 0.4) is 0 Å². The van der Waals surface area contributed by atoms with E-state index in [9.17, 15) is 9.59 Å². The molecule has 1 N–H and O–H groups in total. The number of benzene rings is 2. The average Bonchev–Trinajstić information content (AvgIpc) is 3.15. The van der Waals surface area contributed by atoms with Crippen LogP contribution in [-0.4, -0.2) is 39.5 Å². The van der Waals surface area contributed by atoms with Crippen LogP contribution in [0.15, 0.2) is 65.7 Å². The van der Waals surface area contributed by atoms with Crippen LogP contribution in [0.5, 0.6) is 0 Å². The number of aryl methyl sites for hydroxylation is 1. The predicted molar refractivity (Wildman–Crippen MR) is 109 cm³/mol. The third kappa shape index (κ3) is 4.28. The van der Waals surface area contributed by atoms with Gasteiger partial charge in [-0.2, -0.15) is 0 Å². The lowest BCUT2D eigenvalue weighted by atomic mass is 10.2. The molecule has 4 rings (SSSR count). The van der Waals surface area contributed by atoms with E-state index < -0.39 is 0 Å². The van der Waals surface area contributed by atoms with Crippen molar-refractivity contribution in [1.29, 1.82) is 0 Å². The highest BCUT2D eigenvalue weighted by Gasteiger charge is 2.23. The number of rotatable bonds is 6. The van der Waals surface area contributed by atoms with Gasteiger partial charge < -0.3 is 5.32 Å². The second-order valence-electron chi connectivity index (χ2n) is 7.28. The first-order valence-electron chi connectivity index (χ1n) is 9.69. The van der Waals surface area contributed by atoms with Gasteiger partial charge in [-0.05, 0) is 24.1 Å². The molecule has 1 fully saturated rings. The van der Waals surface area contributed by atoms with Gasteiger partial charge >= 0.3 is 0 Å². The monoisotopic (exact) mass is 376 g/mol. The van der Waals surface area contributed by atoms with Crippen LogP contribution in [-0.2, 0) is 17.9 Å². The minimum Gasteiger partial charge on any atom is -0.352 e. The Bertz CT molecular complexity index is 1020. The van der Waals surface area contributed by atoms with Gasteiger partial charge in [0.15, 0.2) is 0 Å². The van der Waals surface area contributed by atoms with Crippen LogP contribution >= 0.6 is 0 Å². The summed E-state index contributed by atoms with van der Waals surface area (Å²) in [7, 11) is 0. The van der Waals surface area contributed by atoms with Crippen molar-refractivity contribution in [2.75, 3.05) is 13.1 Å². The highest BCUT2D eigenvalue weighted by atomic mass is 16.2. The second kappa shape index (κ2) is 8.35. The molecule has 0 radical (unpaired) electrons. The van der Waals surface area contributed by atoms with E-state index in [1.165, 1.54) is 16.5 Å². The summed E-state index contributed by atoms with van der Waals surface area (Å²) in [4.78, 5) is 31.5. The van der Waals surface area contributed by atoms with Gasteiger partial charge in [0.2, 0.25) is 5.91 Å². The van der Waals surface area contributed by atoms with E-state index in [1.807, 2.05) is 36.4 Å². The topological polar surface area (TPSA) is 67.2 Å². The quantitative estimate of drug-likeness (QED) is 0.716. The molecule has 2 heterocycles. The number of aromatic nitrogens is 2. The molecule has 0 bridgehead atoms. The van der Waals surface area contributed by atoms with Crippen molar-refractivity contribution in [3.8, 4) is 0 Å². The highest BCUT2D eigenvalue weighted by molar-refractivity contribution is 5.77. The summed E-state index contributed by atoms with van der Waals surface area (Å²) < 4.78 is 1.51. The number of fused-ring (bicyclic) bond motifs is 1. The first kappa shape index (κ1) is 18.4. The zero-order valence-corrected chi connectivity index (χ0v) is 15.8. The van der Waals surface area contributed by atoms with Crippen LogP contribution < -0.4 is 10.9 Å². The number of para-hydroxylation sites is 1. The molecule has 6 heteroatoms. The zero-order valence-electron chi connectivity index (χ0n) is 15.8. The maximum atomic E-state index is 12.5. The summed E-state index contributed by atoms with van der Waals surface area (Å²) in [5.41, 5.74) is 1.86. The van der Waals surface area contributed by atoms with Gasteiger partial charge in [-0.25, -0.2) is 4.98 Å². The first-order valence-corrected chi connectivity index (χ1v) is 9.69.